The first-order valence-electron chi connectivity index (χ1n) is 10.5. The second-order valence-corrected chi connectivity index (χ2v) is 8.55. The molecule has 1 aliphatic heterocycles. The molecule has 2 aromatic carbocycles. The number of fused-ring (bicyclic) bond motifs is 1. The smallest absolute Gasteiger partial charge is 0.133 e. The standard InChI is InChI=1S/C25H23BrN4O/c26-20-14-19(15-27-16-20)24-23-8-4-5-13-28-25(23)30(29-24)21-9-11-22(12-10-21)31-17-18-6-2-1-3-7-18/h1-3,6-7,9-12,14-16,28H,4-5,8,13,17H2. The molecule has 1 aliphatic rings. The highest BCUT2D eigenvalue weighted by molar-refractivity contribution is 9.10. The van der Waals surface area contributed by atoms with E-state index in [2.05, 4.69) is 56.6 Å². The summed E-state index contributed by atoms with van der Waals surface area (Å²) in [5.74, 6) is 1.92. The number of halogens is 1. The number of benzene rings is 2. The predicted octanol–water partition coefficient (Wildman–Crippen LogP) is 6.02. The van der Waals surface area contributed by atoms with Crippen molar-refractivity contribution < 1.29 is 4.74 Å². The number of nitrogens with one attached hydrogen (secondary N) is 1. The molecule has 0 spiro atoms. The van der Waals surface area contributed by atoms with Crippen molar-refractivity contribution in [1.29, 1.82) is 0 Å². The van der Waals surface area contributed by atoms with Gasteiger partial charge in [-0.05, 0) is 71.1 Å². The topological polar surface area (TPSA) is 52.0 Å². The van der Waals surface area contributed by atoms with E-state index in [1.165, 1.54) is 5.56 Å². The van der Waals surface area contributed by atoms with E-state index in [0.29, 0.717) is 6.61 Å². The normalized spacial score (nSPS) is 13.2. The molecule has 0 saturated heterocycles. The lowest BCUT2D eigenvalue weighted by Crippen LogP contribution is -2.07. The van der Waals surface area contributed by atoms with Gasteiger partial charge >= 0.3 is 0 Å². The Balaban J connectivity index is 1.45. The van der Waals surface area contributed by atoms with Gasteiger partial charge in [0, 0.05) is 34.5 Å². The van der Waals surface area contributed by atoms with Gasteiger partial charge in [0.15, 0.2) is 0 Å². The Bertz CT molecular complexity index is 1170. The van der Waals surface area contributed by atoms with E-state index in [0.717, 1.165) is 64.4 Å². The van der Waals surface area contributed by atoms with Crippen LogP contribution in [0.3, 0.4) is 0 Å². The number of aromatic nitrogens is 3. The zero-order valence-corrected chi connectivity index (χ0v) is 18.7. The maximum Gasteiger partial charge on any atom is 0.133 e. The minimum Gasteiger partial charge on any atom is -0.489 e. The highest BCUT2D eigenvalue weighted by Crippen LogP contribution is 2.34. The summed E-state index contributed by atoms with van der Waals surface area (Å²) in [6, 6.07) is 20.4. The molecule has 1 N–H and O–H groups in total. The molecular weight excluding hydrogens is 452 g/mol. The van der Waals surface area contributed by atoms with Gasteiger partial charge in [-0.25, -0.2) is 4.68 Å². The number of anilines is 1. The van der Waals surface area contributed by atoms with Crippen LogP contribution in [0.1, 0.15) is 24.0 Å². The molecule has 0 aliphatic carbocycles. The van der Waals surface area contributed by atoms with Crippen LogP contribution in [0, 0.1) is 0 Å². The Hall–Kier alpha value is -3.12. The highest BCUT2D eigenvalue weighted by Gasteiger charge is 2.22. The van der Waals surface area contributed by atoms with Gasteiger partial charge in [0.05, 0.1) is 11.4 Å². The molecule has 0 fully saturated rings. The van der Waals surface area contributed by atoms with Crippen molar-refractivity contribution in [2.45, 2.75) is 25.9 Å². The number of nitrogens with zero attached hydrogens (tertiary/aromatic N) is 3. The number of ether oxygens (including phenoxy) is 1. The minimum atomic E-state index is 0.555. The van der Waals surface area contributed by atoms with Crippen LogP contribution in [0.15, 0.2) is 77.5 Å². The average molecular weight is 475 g/mol. The SMILES string of the molecule is Brc1cncc(-c2nn(-c3ccc(OCc4ccccc4)cc3)c3c2CCCCN3)c1. The van der Waals surface area contributed by atoms with Crippen LogP contribution in [-0.4, -0.2) is 21.3 Å². The van der Waals surface area contributed by atoms with E-state index in [9.17, 15) is 0 Å². The van der Waals surface area contributed by atoms with Crippen molar-refractivity contribution in [3.63, 3.8) is 0 Å². The molecule has 0 atom stereocenters. The third kappa shape index (κ3) is 4.35. The lowest BCUT2D eigenvalue weighted by Gasteiger charge is -2.11. The van der Waals surface area contributed by atoms with Gasteiger partial charge in [0.1, 0.15) is 18.2 Å². The molecule has 0 radical (unpaired) electrons. The summed E-state index contributed by atoms with van der Waals surface area (Å²) in [4.78, 5) is 4.34. The van der Waals surface area contributed by atoms with Crippen LogP contribution in [0.4, 0.5) is 5.82 Å². The molecule has 156 valence electrons. The van der Waals surface area contributed by atoms with Gasteiger partial charge in [0.25, 0.3) is 0 Å². The van der Waals surface area contributed by atoms with Crippen molar-refractivity contribution in [1.82, 2.24) is 14.8 Å². The summed E-state index contributed by atoms with van der Waals surface area (Å²) in [6.07, 6.45) is 6.97. The van der Waals surface area contributed by atoms with E-state index in [4.69, 9.17) is 9.84 Å². The highest BCUT2D eigenvalue weighted by atomic mass is 79.9. The van der Waals surface area contributed by atoms with E-state index in [1.54, 1.807) is 6.20 Å². The fourth-order valence-electron chi connectivity index (χ4n) is 3.89. The Morgan fingerprint density at radius 3 is 2.65 bits per heavy atom. The first-order chi connectivity index (χ1) is 15.3. The molecular formula is C25H23BrN4O. The molecule has 6 heteroatoms. The minimum absolute atomic E-state index is 0.555. The van der Waals surface area contributed by atoms with E-state index < -0.39 is 0 Å². The molecule has 31 heavy (non-hydrogen) atoms. The summed E-state index contributed by atoms with van der Waals surface area (Å²) in [5, 5.41) is 8.59. The molecule has 0 amide bonds. The lowest BCUT2D eigenvalue weighted by molar-refractivity contribution is 0.306. The molecule has 0 unspecified atom stereocenters. The van der Waals surface area contributed by atoms with Gasteiger partial charge in [-0.1, -0.05) is 30.3 Å². The maximum absolute atomic E-state index is 5.94. The maximum atomic E-state index is 5.94. The van der Waals surface area contributed by atoms with Crippen LogP contribution in [-0.2, 0) is 13.0 Å². The number of hydrogen-bond acceptors (Lipinski definition) is 4. The predicted molar refractivity (Wildman–Crippen MR) is 127 cm³/mol. The van der Waals surface area contributed by atoms with Gasteiger partial charge in [0.2, 0.25) is 0 Å². The average Bonchev–Trinajstić information content (AvgIpc) is 2.99. The van der Waals surface area contributed by atoms with E-state index in [-0.39, 0.29) is 0 Å². The second-order valence-electron chi connectivity index (χ2n) is 7.63. The quantitative estimate of drug-likeness (QED) is 0.383. The van der Waals surface area contributed by atoms with Crippen LogP contribution < -0.4 is 10.1 Å². The number of pyridine rings is 1. The van der Waals surface area contributed by atoms with Gasteiger partial charge in [-0.15, -0.1) is 0 Å². The summed E-state index contributed by atoms with van der Waals surface area (Å²) < 4.78 is 8.91. The fraction of sp³-hybridized carbons (Fsp3) is 0.200. The molecule has 0 saturated carbocycles. The van der Waals surface area contributed by atoms with Gasteiger partial charge in [-0.2, -0.15) is 5.10 Å². The lowest BCUT2D eigenvalue weighted by atomic mass is 10.1. The van der Waals surface area contributed by atoms with Crippen LogP contribution in [0.25, 0.3) is 16.9 Å². The fourth-order valence-corrected chi connectivity index (χ4v) is 4.25. The molecule has 4 aromatic rings. The third-order valence-electron chi connectivity index (χ3n) is 5.44. The van der Waals surface area contributed by atoms with E-state index in [1.807, 2.05) is 41.2 Å². The zero-order valence-electron chi connectivity index (χ0n) is 17.1. The number of hydrogen-bond donors (Lipinski definition) is 1. The molecule has 5 nitrogen and oxygen atoms in total. The Morgan fingerprint density at radius 2 is 1.84 bits per heavy atom. The monoisotopic (exact) mass is 474 g/mol. The van der Waals surface area contributed by atoms with Crippen molar-refractivity contribution in [2.75, 3.05) is 11.9 Å². The Kier molecular flexibility index (Phi) is 5.71. The van der Waals surface area contributed by atoms with Crippen LogP contribution in [0.5, 0.6) is 5.75 Å². The largest absolute Gasteiger partial charge is 0.489 e. The van der Waals surface area contributed by atoms with Crippen LogP contribution >= 0.6 is 15.9 Å². The zero-order chi connectivity index (χ0) is 21.0. The molecule has 0 bridgehead atoms. The summed E-state index contributed by atoms with van der Waals surface area (Å²) in [7, 11) is 0. The first kappa shape index (κ1) is 19.8. The number of rotatable bonds is 5. The molecule has 2 aromatic heterocycles. The summed E-state index contributed by atoms with van der Waals surface area (Å²) in [6.45, 7) is 1.51. The van der Waals surface area contributed by atoms with E-state index >= 15 is 0 Å². The van der Waals surface area contributed by atoms with Gasteiger partial charge < -0.3 is 10.1 Å². The summed E-state index contributed by atoms with van der Waals surface area (Å²) >= 11 is 3.54. The van der Waals surface area contributed by atoms with Crippen molar-refractivity contribution >= 4 is 21.7 Å². The van der Waals surface area contributed by atoms with Crippen molar-refractivity contribution in [3.8, 4) is 22.7 Å². The van der Waals surface area contributed by atoms with Gasteiger partial charge in [-0.3, -0.25) is 4.98 Å². The summed E-state index contributed by atoms with van der Waals surface area (Å²) in [5.41, 5.74) is 5.42. The second kappa shape index (κ2) is 8.94. The van der Waals surface area contributed by atoms with Crippen molar-refractivity contribution in [3.05, 3.63) is 88.7 Å². The Labute approximate surface area is 190 Å². The van der Waals surface area contributed by atoms with Crippen LogP contribution in [0.2, 0.25) is 0 Å². The molecule has 3 heterocycles. The first-order valence-corrected chi connectivity index (χ1v) is 11.3. The third-order valence-corrected chi connectivity index (χ3v) is 5.87. The molecule has 5 rings (SSSR count). The Morgan fingerprint density at radius 1 is 1.00 bits per heavy atom. The van der Waals surface area contributed by atoms with Crippen molar-refractivity contribution in [2.24, 2.45) is 0 Å².